The van der Waals surface area contributed by atoms with Gasteiger partial charge in [0, 0.05) is 34.6 Å². The van der Waals surface area contributed by atoms with Gasteiger partial charge in [0.05, 0.1) is 12.0 Å². The van der Waals surface area contributed by atoms with Crippen LogP contribution in [-0.2, 0) is 6.42 Å². The first-order valence-electron chi connectivity index (χ1n) is 11.0. The van der Waals surface area contributed by atoms with E-state index in [2.05, 4.69) is 17.1 Å². The summed E-state index contributed by atoms with van der Waals surface area (Å²) < 4.78 is 13.2. The highest BCUT2D eigenvalue weighted by Gasteiger charge is 2.24. The summed E-state index contributed by atoms with van der Waals surface area (Å²) in [6, 6.07) is 17.7. The number of hydrogen-bond acceptors (Lipinski definition) is 8. The van der Waals surface area contributed by atoms with Gasteiger partial charge in [0.2, 0.25) is 5.16 Å². The van der Waals surface area contributed by atoms with E-state index in [4.69, 9.17) is 14.3 Å². The number of furan rings is 1. The molecule has 0 saturated heterocycles. The van der Waals surface area contributed by atoms with Crippen molar-refractivity contribution < 1.29 is 14.1 Å². The number of nitrogens with zero attached hydrogens (tertiary/aromatic N) is 5. The molecule has 1 aliphatic heterocycles. The second-order valence-electron chi connectivity index (χ2n) is 7.75. The van der Waals surface area contributed by atoms with Crippen molar-refractivity contribution in [2.24, 2.45) is 5.10 Å². The van der Waals surface area contributed by atoms with Gasteiger partial charge in [-0.3, -0.25) is 10.1 Å². The van der Waals surface area contributed by atoms with E-state index in [1.54, 1.807) is 23.9 Å². The maximum Gasteiger partial charge on any atom is 0.269 e. The summed E-state index contributed by atoms with van der Waals surface area (Å²) in [7, 11) is 1.63. The van der Waals surface area contributed by atoms with Gasteiger partial charge in [0.25, 0.3) is 5.69 Å². The van der Waals surface area contributed by atoms with Crippen molar-refractivity contribution in [3.63, 3.8) is 0 Å². The van der Waals surface area contributed by atoms with Crippen LogP contribution in [0, 0.1) is 10.1 Å². The van der Waals surface area contributed by atoms with Crippen LogP contribution in [0.1, 0.15) is 30.5 Å². The molecule has 0 N–H and O–H groups in total. The highest BCUT2D eigenvalue weighted by atomic mass is 32.2. The molecule has 35 heavy (non-hydrogen) atoms. The second kappa shape index (κ2) is 9.59. The lowest BCUT2D eigenvalue weighted by atomic mass is 10.1. The highest BCUT2D eigenvalue weighted by molar-refractivity contribution is 8.04. The van der Waals surface area contributed by atoms with Crippen molar-refractivity contribution in [1.82, 2.24) is 14.9 Å². The van der Waals surface area contributed by atoms with Crippen molar-refractivity contribution in [2.45, 2.75) is 24.9 Å². The standard InChI is InChI=1S/C25H21N5O4S/c1-3-4-23-26-27-25-29(23)28-24(17-7-11-19(33-2)12-8-17)22(35-25)15-20-13-14-21(34-20)16-5-9-18(10-6-16)30(31)32/h5-15H,3-4H2,1-2H3/b22-15+. The number of aromatic nitrogens is 3. The van der Waals surface area contributed by atoms with Gasteiger partial charge in [-0.15, -0.1) is 10.2 Å². The van der Waals surface area contributed by atoms with Gasteiger partial charge >= 0.3 is 0 Å². The van der Waals surface area contributed by atoms with Crippen LogP contribution in [-0.4, -0.2) is 32.6 Å². The van der Waals surface area contributed by atoms with Gasteiger partial charge < -0.3 is 9.15 Å². The average Bonchev–Trinajstić information content (AvgIpc) is 3.51. The number of methoxy groups -OCH3 is 1. The zero-order chi connectivity index (χ0) is 24.4. The number of nitro groups is 1. The second-order valence-corrected chi connectivity index (χ2v) is 8.76. The first-order valence-corrected chi connectivity index (χ1v) is 11.8. The van der Waals surface area contributed by atoms with Gasteiger partial charge in [-0.25, -0.2) is 0 Å². The molecule has 0 atom stereocenters. The van der Waals surface area contributed by atoms with E-state index >= 15 is 0 Å². The lowest BCUT2D eigenvalue weighted by molar-refractivity contribution is -0.384. The normalized spacial score (nSPS) is 14.0. The number of allylic oxidation sites excluding steroid dienone is 1. The summed E-state index contributed by atoms with van der Waals surface area (Å²) in [5.41, 5.74) is 2.49. The van der Waals surface area contributed by atoms with E-state index in [-0.39, 0.29) is 5.69 Å². The number of ether oxygens (including phenoxy) is 1. The molecule has 1 aliphatic rings. The molecule has 0 aliphatic carbocycles. The van der Waals surface area contributed by atoms with Crippen molar-refractivity contribution >= 4 is 29.2 Å². The maximum atomic E-state index is 10.9. The van der Waals surface area contributed by atoms with E-state index in [9.17, 15) is 10.1 Å². The molecule has 2 aromatic heterocycles. The van der Waals surface area contributed by atoms with Gasteiger partial charge in [0.15, 0.2) is 5.82 Å². The number of non-ortho nitro benzene ring substituents is 1. The zero-order valence-corrected chi connectivity index (χ0v) is 19.9. The fourth-order valence-corrected chi connectivity index (χ4v) is 4.59. The van der Waals surface area contributed by atoms with Crippen molar-refractivity contribution in [3.8, 4) is 17.1 Å². The fourth-order valence-electron chi connectivity index (χ4n) is 3.64. The van der Waals surface area contributed by atoms with Gasteiger partial charge in [-0.2, -0.15) is 9.78 Å². The lowest BCUT2D eigenvalue weighted by Crippen LogP contribution is -2.13. The van der Waals surface area contributed by atoms with Crippen LogP contribution in [0.15, 0.2) is 80.2 Å². The minimum Gasteiger partial charge on any atom is -0.497 e. The Labute approximate surface area is 205 Å². The molecule has 5 rings (SSSR count). The topological polar surface area (TPSA) is 109 Å². The molecular weight excluding hydrogens is 466 g/mol. The molecule has 10 heteroatoms. The predicted molar refractivity (Wildman–Crippen MR) is 134 cm³/mol. The number of benzene rings is 2. The number of fused-ring (bicyclic) bond motifs is 1. The molecule has 0 spiro atoms. The molecule has 0 unspecified atom stereocenters. The Morgan fingerprint density at radius 1 is 1.06 bits per heavy atom. The zero-order valence-electron chi connectivity index (χ0n) is 19.0. The van der Waals surface area contributed by atoms with E-state index in [1.165, 1.54) is 23.9 Å². The molecule has 0 bridgehead atoms. The molecule has 0 saturated carbocycles. The minimum atomic E-state index is -0.424. The molecule has 0 fully saturated rings. The summed E-state index contributed by atoms with van der Waals surface area (Å²) in [5, 5.41) is 25.1. The largest absolute Gasteiger partial charge is 0.497 e. The molecule has 2 aromatic carbocycles. The van der Waals surface area contributed by atoms with Gasteiger partial charge in [-0.1, -0.05) is 6.92 Å². The Bertz CT molecular complexity index is 1440. The third-order valence-corrected chi connectivity index (χ3v) is 6.38. The number of rotatable bonds is 7. The number of hydrogen-bond donors (Lipinski definition) is 0. The predicted octanol–water partition coefficient (Wildman–Crippen LogP) is 5.81. The van der Waals surface area contributed by atoms with Crippen LogP contribution in [0.3, 0.4) is 0 Å². The molecular formula is C25H21N5O4S. The van der Waals surface area contributed by atoms with Crippen LogP contribution in [0.4, 0.5) is 5.69 Å². The molecule has 176 valence electrons. The third kappa shape index (κ3) is 4.60. The maximum absolute atomic E-state index is 10.9. The number of aryl methyl sites for hydroxylation is 1. The summed E-state index contributed by atoms with van der Waals surface area (Å²) in [6.07, 6.45) is 3.64. The van der Waals surface area contributed by atoms with Gasteiger partial charge in [0.1, 0.15) is 23.0 Å². The van der Waals surface area contributed by atoms with Crippen LogP contribution in [0.5, 0.6) is 5.75 Å². The average molecular weight is 488 g/mol. The Balaban J connectivity index is 1.52. The first kappa shape index (κ1) is 22.6. The number of thioether (sulfide) groups is 1. The van der Waals surface area contributed by atoms with Crippen LogP contribution < -0.4 is 4.74 Å². The summed E-state index contributed by atoms with van der Waals surface area (Å²) >= 11 is 1.48. The third-order valence-electron chi connectivity index (χ3n) is 5.41. The monoisotopic (exact) mass is 487 g/mol. The van der Waals surface area contributed by atoms with E-state index in [1.807, 2.05) is 42.5 Å². The van der Waals surface area contributed by atoms with Crippen molar-refractivity contribution in [3.05, 3.63) is 92.8 Å². The molecule has 4 aromatic rings. The Kier molecular flexibility index (Phi) is 6.19. The smallest absolute Gasteiger partial charge is 0.269 e. The van der Waals surface area contributed by atoms with Crippen LogP contribution in [0.25, 0.3) is 17.4 Å². The van der Waals surface area contributed by atoms with Crippen LogP contribution >= 0.6 is 11.8 Å². The molecule has 0 amide bonds. The fraction of sp³-hybridized carbons (Fsp3) is 0.160. The van der Waals surface area contributed by atoms with Crippen molar-refractivity contribution in [2.75, 3.05) is 7.11 Å². The van der Waals surface area contributed by atoms with E-state index < -0.39 is 4.92 Å². The van der Waals surface area contributed by atoms with Crippen LogP contribution in [0.2, 0.25) is 0 Å². The molecule has 9 nitrogen and oxygen atoms in total. The highest BCUT2D eigenvalue weighted by Crippen LogP contribution is 2.36. The minimum absolute atomic E-state index is 0.0353. The molecule has 3 heterocycles. The summed E-state index contributed by atoms with van der Waals surface area (Å²) in [5.74, 6) is 2.82. The quantitative estimate of drug-likeness (QED) is 0.239. The van der Waals surface area contributed by atoms with E-state index in [0.29, 0.717) is 16.7 Å². The van der Waals surface area contributed by atoms with Gasteiger partial charge in [-0.05, 0) is 72.8 Å². The Morgan fingerprint density at radius 2 is 1.80 bits per heavy atom. The summed E-state index contributed by atoms with van der Waals surface area (Å²) in [4.78, 5) is 11.4. The Morgan fingerprint density at radius 3 is 2.49 bits per heavy atom. The first-order chi connectivity index (χ1) is 17.1. The van der Waals surface area contributed by atoms with Crippen molar-refractivity contribution in [1.29, 1.82) is 0 Å². The number of nitro benzene ring substituents is 1. The SMILES string of the molecule is CCCc1nnc2n1N=C(c1ccc(OC)cc1)/C(=C\c1ccc(-c3ccc([N+](=O)[O-])cc3)o1)S2. The summed E-state index contributed by atoms with van der Waals surface area (Å²) in [6.45, 7) is 2.09. The molecule has 0 radical (unpaired) electrons. The Hall–Kier alpha value is -4.18. The lowest BCUT2D eigenvalue weighted by Gasteiger charge is -2.17. The van der Waals surface area contributed by atoms with E-state index in [0.717, 1.165) is 46.2 Å².